The molecular formula is C22H29N2O3+. The van der Waals surface area contributed by atoms with Gasteiger partial charge in [-0.2, -0.15) is 0 Å². The number of aromatic nitrogens is 1. The van der Waals surface area contributed by atoms with Gasteiger partial charge in [0, 0.05) is 36.4 Å². The third-order valence-electron chi connectivity index (χ3n) is 5.29. The lowest BCUT2D eigenvalue weighted by molar-refractivity contribution is -0.937. The number of likely N-dealkylation sites (tertiary alicyclic amines) is 1. The third-order valence-corrected chi connectivity index (χ3v) is 5.29. The van der Waals surface area contributed by atoms with Crippen molar-refractivity contribution in [1.29, 1.82) is 0 Å². The maximum Gasteiger partial charge on any atom is 0.161 e. The van der Waals surface area contributed by atoms with Crippen molar-refractivity contribution in [3.63, 3.8) is 0 Å². The van der Waals surface area contributed by atoms with Crippen LogP contribution in [-0.4, -0.2) is 37.6 Å². The van der Waals surface area contributed by atoms with Crippen LogP contribution in [0.3, 0.4) is 0 Å². The Morgan fingerprint density at radius 2 is 2.15 bits per heavy atom. The molecule has 144 valence electrons. The number of hydrogen-bond donors (Lipinski definition) is 1. The Balaban J connectivity index is 1.54. The molecule has 1 aliphatic rings. The maximum atomic E-state index is 11.5. The molecule has 1 fully saturated rings. The van der Waals surface area contributed by atoms with E-state index >= 15 is 0 Å². The monoisotopic (exact) mass is 369 g/mol. The average Bonchev–Trinajstić information content (AvgIpc) is 2.72. The highest BCUT2D eigenvalue weighted by molar-refractivity contribution is 5.94. The Labute approximate surface area is 161 Å². The number of nitrogens with zero attached hydrogens (tertiary/aromatic N) is 1. The van der Waals surface area contributed by atoms with E-state index < -0.39 is 0 Å². The molecule has 1 unspecified atom stereocenters. The van der Waals surface area contributed by atoms with Crippen LogP contribution in [0.25, 0.3) is 0 Å². The summed E-state index contributed by atoms with van der Waals surface area (Å²) < 4.78 is 11.3. The summed E-state index contributed by atoms with van der Waals surface area (Å²) in [5.41, 5.74) is 1.98. The Hall–Kier alpha value is -2.40. The molecule has 27 heavy (non-hydrogen) atoms. The van der Waals surface area contributed by atoms with Crippen molar-refractivity contribution in [1.82, 2.24) is 4.98 Å². The zero-order chi connectivity index (χ0) is 19.1. The van der Waals surface area contributed by atoms with Gasteiger partial charge in [0.2, 0.25) is 0 Å². The van der Waals surface area contributed by atoms with Gasteiger partial charge in [-0.15, -0.1) is 0 Å². The largest absolute Gasteiger partial charge is 0.493 e. The van der Waals surface area contributed by atoms with Crippen molar-refractivity contribution in [2.75, 3.05) is 26.8 Å². The lowest BCUT2D eigenvalue weighted by Gasteiger charge is -2.32. The molecule has 1 aliphatic heterocycles. The number of benzene rings is 1. The van der Waals surface area contributed by atoms with Crippen LogP contribution < -0.4 is 14.4 Å². The zero-order valence-electron chi connectivity index (χ0n) is 16.2. The third kappa shape index (κ3) is 5.07. The standard InChI is InChI=1S/C22H28N2O3/c1-17(25)18-9-10-21(22(15-18)26-2)27-14-6-13-24-12-4-3-8-20(24)19-7-5-11-23-16-19/h5,7,9-11,15-16,20H,3-4,6,8,12-14H2,1-2H3/p+1/t20-/m0/s1. The first kappa shape index (κ1) is 19.4. The Bertz CT molecular complexity index is 748. The van der Waals surface area contributed by atoms with Gasteiger partial charge in [-0.05, 0) is 44.0 Å². The molecule has 0 amide bonds. The first-order valence-corrected chi connectivity index (χ1v) is 9.75. The molecule has 1 N–H and O–H groups in total. The topological polar surface area (TPSA) is 52.9 Å². The Kier molecular flexibility index (Phi) is 6.82. The molecule has 1 aromatic carbocycles. The quantitative estimate of drug-likeness (QED) is 0.574. The van der Waals surface area contributed by atoms with Gasteiger partial charge in [-0.25, -0.2) is 0 Å². The van der Waals surface area contributed by atoms with Crippen LogP contribution in [0.1, 0.15) is 54.6 Å². The van der Waals surface area contributed by atoms with Crippen molar-refractivity contribution >= 4 is 5.78 Å². The van der Waals surface area contributed by atoms with Gasteiger partial charge < -0.3 is 14.4 Å². The summed E-state index contributed by atoms with van der Waals surface area (Å²) in [5.74, 6) is 1.33. The summed E-state index contributed by atoms with van der Waals surface area (Å²) in [4.78, 5) is 17.4. The van der Waals surface area contributed by atoms with Crippen LogP contribution in [0.15, 0.2) is 42.7 Å². The number of hydrogen-bond acceptors (Lipinski definition) is 4. The van der Waals surface area contributed by atoms with E-state index in [4.69, 9.17) is 9.47 Å². The van der Waals surface area contributed by atoms with Crippen LogP contribution >= 0.6 is 0 Å². The number of piperidine rings is 1. The van der Waals surface area contributed by atoms with Crippen molar-refractivity contribution in [3.05, 3.63) is 53.9 Å². The lowest BCUT2D eigenvalue weighted by Crippen LogP contribution is -3.13. The first-order valence-electron chi connectivity index (χ1n) is 9.75. The normalized spacial score (nSPS) is 19.5. The lowest BCUT2D eigenvalue weighted by atomic mass is 9.96. The predicted molar refractivity (Wildman–Crippen MR) is 105 cm³/mol. The van der Waals surface area contributed by atoms with Crippen LogP contribution in [0.2, 0.25) is 0 Å². The van der Waals surface area contributed by atoms with Crippen LogP contribution in [0.4, 0.5) is 0 Å². The van der Waals surface area contributed by atoms with E-state index in [1.165, 1.54) is 31.4 Å². The molecule has 1 saturated heterocycles. The molecular weight excluding hydrogens is 340 g/mol. The van der Waals surface area contributed by atoms with Crippen molar-refractivity contribution in [2.45, 2.75) is 38.6 Å². The molecule has 5 nitrogen and oxygen atoms in total. The van der Waals surface area contributed by atoms with Gasteiger partial charge in [0.15, 0.2) is 17.3 Å². The fraction of sp³-hybridized carbons (Fsp3) is 0.455. The van der Waals surface area contributed by atoms with E-state index in [1.54, 1.807) is 31.1 Å². The number of carbonyl (C=O) groups is 1. The van der Waals surface area contributed by atoms with E-state index in [2.05, 4.69) is 11.1 Å². The van der Waals surface area contributed by atoms with Gasteiger partial charge in [-0.1, -0.05) is 6.07 Å². The Morgan fingerprint density at radius 3 is 2.89 bits per heavy atom. The highest BCUT2D eigenvalue weighted by Crippen LogP contribution is 2.28. The van der Waals surface area contributed by atoms with E-state index in [0.29, 0.717) is 29.7 Å². The fourth-order valence-electron chi connectivity index (χ4n) is 3.85. The van der Waals surface area contributed by atoms with Gasteiger partial charge in [-0.3, -0.25) is 9.78 Å². The second kappa shape index (κ2) is 9.51. The second-order valence-electron chi connectivity index (χ2n) is 7.12. The average molecular weight is 369 g/mol. The van der Waals surface area contributed by atoms with Crippen molar-refractivity contribution < 1.29 is 19.2 Å². The molecule has 2 aromatic rings. The predicted octanol–water partition coefficient (Wildman–Crippen LogP) is 2.87. The first-order chi connectivity index (χ1) is 13.2. The smallest absolute Gasteiger partial charge is 0.161 e. The minimum Gasteiger partial charge on any atom is -0.493 e. The second-order valence-corrected chi connectivity index (χ2v) is 7.12. The minimum atomic E-state index is 0.0231. The highest BCUT2D eigenvalue weighted by Gasteiger charge is 2.27. The van der Waals surface area contributed by atoms with Crippen molar-refractivity contribution in [3.8, 4) is 11.5 Å². The molecule has 0 radical (unpaired) electrons. The summed E-state index contributed by atoms with van der Waals surface area (Å²) in [5, 5.41) is 0. The number of rotatable bonds is 8. The van der Waals surface area contributed by atoms with Crippen LogP contribution in [0.5, 0.6) is 11.5 Å². The summed E-state index contributed by atoms with van der Waals surface area (Å²) in [6.45, 7) is 4.47. The number of nitrogens with one attached hydrogen (secondary N) is 1. The van der Waals surface area contributed by atoms with E-state index in [0.717, 1.165) is 13.0 Å². The van der Waals surface area contributed by atoms with Crippen LogP contribution in [0, 0.1) is 0 Å². The molecule has 2 atom stereocenters. The molecule has 1 aromatic heterocycles. The van der Waals surface area contributed by atoms with Gasteiger partial charge in [0.1, 0.15) is 6.04 Å². The molecule has 0 saturated carbocycles. The highest BCUT2D eigenvalue weighted by atomic mass is 16.5. The molecule has 0 spiro atoms. The summed E-state index contributed by atoms with van der Waals surface area (Å²) in [6, 6.07) is 10.1. The Morgan fingerprint density at radius 1 is 1.26 bits per heavy atom. The molecule has 0 aliphatic carbocycles. The number of quaternary nitrogens is 1. The number of Topliss-reactive ketones (excluding diaryl/α,β-unsaturated/α-hetero) is 1. The van der Waals surface area contributed by atoms with E-state index in [-0.39, 0.29) is 5.78 Å². The molecule has 5 heteroatoms. The van der Waals surface area contributed by atoms with Gasteiger partial charge >= 0.3 is 0 Å². The zero-order valence-corrected chi connectivity index (χ0v) is 16.2. The number of pyridine rings is 1. The van der Waals surface area contributed by atoms with Gasteiger partial charge in [0.25, 0.3) is 0 Å². The summed E-state index contributed by atoms with van der Waals surface area (Å²) in [6.07, 6.45) is 8.62. The summed E-state index contributed by atoms with van der Waals surface area (Å²) in [7, 11) is 1.60. The number of ketones is 1. The maximum absolute atomic E-state index is 11.5. The van der Waals surface area contributed by atoms with Gasteiger partial charge in [0.05, 0.1) is 26.8 Å². The SMILES string of the molecule is COc1cc(C(C)=O)ccc1OCCC[NH+]1CCCC[C@H]1c1cccnc1. The minimum absolute atomic E-state index is 0.0231. The molecule has 0 bridgehead atoms. The fourth-order valence-corrected chi connectivity index (χ4v) is 3.85. The van der Waals surface area contributed by atoms with Crippen molar-refractivity contribution in [2.24, 2.45) is 0 Å². The molecule has 3 rings (SSSR count). The number of ether oxygens (including phenoxy) is 2. The molecule has 2 heterocycles. The number of carbonyl (C=O) groups excluding carboxylic acids is 1. The van der Waals surface area contributed by atoms with E-state index in [1.807, 2.05) is 24.5 Å². The van der Waals surface area contributed by atoms with Crippen LogP contribution in [-0.2, 0) is 0 Å². The summed E-state index contributed by atoms with van der Waals surface area (Å²) >= 11 is 0. The number of methoxy groups -OCH3 is 1. The van der Waals surface area contributed by atoms with E-state index in [9.17, 15) is 4.79 Å².